The number of nitrogens with zero attached hydrogens (tertiary/aromatic N) is 5. The molecule has 4 saturated carbocycles. The molecule has 3 heterocycles. The summed E-state index contributed by atoms with van der Waals surface area (Å²) < 4.78 is 0. The Kier molecular flexibility index (Phi) is 6.67. The predicted molar refractivity (Wildman–Crippen MR) is 206 cm³/mol. The van der Waals surface area contributed by atoms with Gasteiger partial charge in [0.25, 0.3) is 0 Å². The van der Waals surface area contributed by atoms with Crippen LogP contribution in [0.1, 0.15) is 43.4 Å². The summed E-state index contributed by atoms with van der Waals surface area (Å²) in [6, 6.07) is 46.7. The number of fused-ring (bicyclic) bond motifs is 3. The monoisotopic (exact) mass is 671 g/mol. The summed E-state index contributed by atoms with van der Waals surface area (Å²) in [6.07, 6.45) is 8.64. The van der Waals surface area contributed by atoms with Crippen LogP contribution >= 0.6 is 0 Å². The van der Waals surface area contributed by atoms with E-state index in [4.69, 9.17) is 24.9 Å². The van der Waals surface area contributed by atoms with Gasteiger partial charge in [0, 0.05) is 39.4 Å². The van der Waals surface area contributed by atoms with Crippen molar-refractivity contribution in [1.29, 1.82) is 0 Å². The van der Waals surface area contributed by atoms with Gasteiger partial charge in [0.05, 0.1) is 17.1 Å². The van der Waals surface area contributed by atoms with Crippen LogP contribution in [-0.4, -0.2) is 24.9 Å². The molecule has 12 rings (SSSR count). The molecule has 0 saturated heterocycles. The molecular weight excluding hydrogens is 635 g/mol. The highest BCUT2D eigenvalue weighted by molar-refractivity contribution is 5.83. The maximum Gasteiger partial charge on any atom is 0.164 e. The second kappa shape index (κ2) is 11.6. The van der Waals surface area contributed by atoms with E-state index in [0.29, 0.717) is 29.3 Å². The SMILES string of the molecule is c1ccc(-c2cc(-c3ccc4c(n3)C3(c5cccnc5-4)C4CC5CC(C4)CC3C5)cc(-c3nc(-c4ccccc4)nc(-c4ccccc4)n3)c2)cc1. The predicted octanol–water partition coefficient (Wildman–Crippen LogP) is 10.7. The zero-order valence-electron chi connectivity index (χ0n) is 28.9. The third-order valence-electron chi connectivity index (χ3n) is 12.5. The van der Waals surface area contributed by atoms with Gasteiger partial charge < -0.3 is 0 Å². The molecule has 4 aromatic carbocycles. The number of hydrogen-bond donors (Lipinski definition) is 0. The van der Waals surface area contributed by atoms with Gasteiger partial charge in [-0.2, -0.15) is 0 Å². The lowest BCUT2D eigenvalue weighted by Gasteiger charge is -2.60. The van der Waals surface area contributed by atoms with Gasteiger partial charge >= 0.3 is 0 Å². The fraction of sp³-hybridized carbons (Fsp3) is 0.213. The third-order valence-corrected chi connectivity index (χ3v) is 12.5. The molecule has 5 nitrogen and oxygen atoms in total. The molecule has 4 bridgehead atoms. The lowest BCUT2D eigenvalue weighted by molar-refractivity contribution is -0.0416. The Labute approximate surface area is 303 Å². The van der Waals surface area contributed by atoms with Gasteiger partial charge in [-0.15, -0.1) is 0 Å². The van der Waals surface area contributed by atoms with Crippen LogP contribution in [0.4, 0.5) is 0 Å². The molecule has 3 aromatic heterocycles. The minimum absolute atomic E-state index is 0.0500. The van der Waals surface area contributed by atoms with Crippen LogP contribution < -0.4 is 0 Å². The number of aromatic nitrogens is 5. The molecule has 0 atom stereocenters. The molecule has 0 aliphatic heterocycles. The third kappa shape index (κ3) is 4.58. The molecule has 52 heavy (non-hydrogen) atoms. The fourth-order valence-corrected chi connectivity index (χ4v) is 10.6. The highest BCUT2D eigenvalue weighted by Crippen LogP contribution is 2.68. The van der Waals surface area contributed by atoms with Gasteiger partial charge in [-0.05, 0) is 109 Å². The second-order valence-electron chi connectivity index (χ2n) is 15.4. The summed E-state index contributed by atoms with van der Waals surface area (Å²) in [5, 5.41) is 0. The lowest BCUT2D eigenvalue weighted by atomic mass is 9.44. The Morgan fingerprint density at radius 2 is 0.981 bits per heavy atom. The number of hydrogen-bond acceptors (Lipinski definition) is 5. The highest BCUT2D eigenvalue weighted by Gasteiger charge is 2.62. The van der Waals surface area contributed by atoms with Gasteiger partial charge in [-0.3, -0.25) is 9.97 Å². The van der Waals surface area contributed by atoms with E-state index in [9.17, 15) is 0 Å². The van der Waals surface area contributed by atoms with Crippen molar-refractivity contribution in [3.63, 3.8) is 0 Å². The first kappa shape index (κ1) is 29.9. The molecule has 0 unspecified atom stereocenters. The van der Waals surface area contributed by atoms with Crippen LogP contribution in [0.15, 0.2) is 140 Å². The molecule has 0 amide bonds. The van der Waals surface area contributed by atoms with Crippen LogP contribution in [0.3, 0.4) is 0 Å². The number of pyridine rings is 2. The van der Waals surface area contributed by atoms with E-state index in [1.165, 1.54) is 48.9 Å². The summed E-state index contributed by atoms with van der Waals surface area (Å²) in [7, 11) is 0. The normalized spacial score (nSPS) is 23.5. The van der Waals surface area contributed by atoms with E-state index in [0.717, 1.165) is 56.6 Å². The van der Waals surface area contributed by atoms with E-state index in [1.54, 1.807) is 0 Å². The van der Waals surface area contributed by atoms with Crippen molar-refractivity contribution in [1.82, 2.24) is 24.9 Å². The van der Waals surface area contributed by atoms with E-state index in [2.05, 4.69) is 97.1 Å². The molecule has 0 radical (unpaired) electrons. The maximum absolute atomic E-state index is 5.74. The van der Waals surface area contributed by atoms with E-state index in [-0.39, 0.29) is 5.41 Å². The lowest BCUT2D eigenvalue weighted by Crippen LogP contribution is -2.55. The van der Waals surface area contributed by atoms with Crippen LogP contribution in [0.2, 0.25) is 0 Å². The Bertz CT molecular complexity index is 2390. The maximum atomic E-state index is 5.74. The molecule has 0 N–H and O–H groups in total. The van der Waals surface area contributed by atoms with Crippen molar-refractivity contribution in [2.24, 2.45) is 23.7 Å². The Hall–Kier alpha value is -5.81. The summed E-state index contributed by atoms with van der Waals surface area (Å²) in [6.45, 7) is 0. The zero-order valence-corrected chi connectivity index (χ0v) is 28.9. The molecule has 5 aliphatic carbocycles. The van der Waals surface area contributed by atoms with Crippen LogP contribution in [-0.2, 0) is 5.41 Å². The Balaban J connectivity index is 1.11. The molecule has 7 aromatic rings. The average molecular weight is 672 g/mol. The molecule has 1 spiro atoms. The largest absolute Gasteiger partial charge is 0.256 e. The average Bonchev–Trinajstić information content (AvgIpc) is 3.50. The van der Waals surface area contributed by atoms with Crippen molar-refractivity contribution in [2.75, 3.05) is 0 Å². The van der Waals surface area contributed by atoms with E-state index in [1.807, 2.05) is 42.6 Å². The van der Waals surface area contributed by atoms with Gasteiger partial charge in [0.1, 0.15) is 0 Å². The summed E-state index contributed by atoms with van der Waals surface area (Å²) in [5.41, 5.74) is 12.1. The summed E-state index contributed by atoms with van der Waals surface area (Å²) in [4.78, 5) is 26.0. The topological polar surface area (TPSA) is 64.5 Å². The second-order valence-corrected chi connectivity index (χ2v) is 15.4. The minimum Gasteiger partial charge on any atom is -0.256 e. The van der Waals surface area contributed by atoms with Crippen molar-refractivity contribution < 1.29 is 0 Å². The van der Waals surface area contributed by atoms with Crippen molar-refractivity contribution in [3.05, 3.63) is 151 Å². The quantitative estimate of drug-likeness (QED) is 0.182. The molecule has 5 heteroatoms. The van der Waals surface area contributed by atoms with Gasteiger partial charge in [0.2, 0.25) is 0 Å². The fourth-order valence-electron chi connectivity index (χ4n) is 10.6. The number of rotatable bonds is 5. The van der Waals surface area contributed by atoms with Crippen LogP contribution in [0.25, 0.3) is 67.8 Å². The molecule has 5 aliphatic rings. The first-order valence-electron chi connectivity index (χ1n) is 18.8. The Morgan fingerprint density at radius 1 is 0.442 bits per heavy atom. The first-order chi connectivity index (χ1) is 25.7. The van der Waals surface area contributed by atoms with Crippen LogP contribution in [0, 0.1) is 23.7 Å². The van der Waals surface area contributed by atoms with Crippen LogP contribution in [0.5, 0.6) is 0 Å². The smallest absolute Gasteiger partial charge is 0.164 e. The first-order valence-corrected chi connectivity index (χ1v) is 18.8. The van der Waals surface area contributed by atoms with E-state index >= 15 is 0 Å². The summed E-state index contributed by atoms with van der Waals surface area (Å²) >= 11 is 0. The molecule has 250 valence electrons. The van der Waals surface area contributed by atoms with Crippen molar-refractivity contribution in [2.45, 2.75) is 37.5 Å². The van der Waals surface area contributed by atoms with E-state index < -0.39 is 0 Å². The standard InChI is InChI=1S/C47H37N5/c1-4-11-31(12-5-1)34-26-35(28-36(27-34)46-51-44(32-13-6-2-7-14-32)50-45(52-46)33-15-8-3-9-16-33)41-19-18-39-42-40(17-10-20-48-42)47(43(39)49-41)37-22-29-21-30(24-37)25-38(47)23-29/h1-20,26-30,37-38H,21-25H2. The Morgan fingerprint density at radius 3 is 1.60 bits per heavy atom. The van der Waals surface area contributed by atoms with Gasteiger partial charge in [0.15, 0.2) is 17.5 Å². The van der Waals surface area contributed by atoms with Gasteiger partial charge in [-0.1, -0.05) is 97.1 Å². The molecular formula is C47H37N5. The number of benzene rings is 4. The van der Waals surface area contributed by atoms with Gasteiger partial charge in [-0.25, -0.2) is 15.0 Å². The minimum atomic E-state index is -0.0500. The van der Waals surface area contributed by atoms with Crippen molar-refractivity contribution in [3.8, 4) is 67.8 Å². The zero-order chi connectivity index (χ0) is 34.2. The summed E-state index contributed by atoms with van der Waals surface area (Å²) in [5.74, 6) is 4.93. The highest BCUT2D eigenvalue weighted by atomic mass is 15.0. The van der Waals surface area contributed by atoms with Crippen molar-refractivity contribution >= 4 is 0 Å². The molecule has 4 fully saturated rings.